The van der Waals surface area contributed by atoms with Crippen molar-refractivity contribution in [1.29, 1.82) is 0 Å². The number of alkyl halides is 1. The van der Waals surface area contributed by atoms with Crippen LogP contribution in [0.5, 0.6) is 5.88 Å². The highest BCUT2D eigenvalue weighted by molar-refractivity contribution is 6.31. The summed E-state index contributed by atoms with van der Waals surface area (Å²) in [6.45, 7) is 0.704. The number of halogens is 2. The number of hydrogen-bond donors (Lipinski definition) is 0. The van der Waals surface area contributed by atoms with Gasteiger partial charge in [0.05, 0.1) is 18.0 Å². The third kappa shape index (κ3) is 2.62. The van der Waals surface area contributed by atoms with Gasteiger partial charge in [-0.05, 0) is 43.4 Å². The van der Waals surface area contributed by atoms with E-state index in [1.807, 2.05) is 22.9 Å². The second kappa shape index (κ2) is 5.60. The first-order valence-corrected chi connectivity index (χ1v) is 7.39. The SMILES string of the molecule is COc1c2ccc(Cl)cc2nn1CC1CCCC(F)C1. The van der Waals surface area contributed by atoms with Crippen molar-refractivity contribution in [2.75, 3.05) is 7.11 Å². The fourth-order valence-electron chi connectivity index (χ4n) is 3.06. The minimum atomic E-state index is -0.667. The van der Waals surface area contributed by atoms with Crippen molar-refractivity contribution >= 4 is 22.5 Å². The van der Waals surface area contributed by atoms with Crippen LogP contribution in [-0.2, 0) is 6.54 Å². The molecule has 0 aliphatic heterocycles. The van der Waals surface area contributed by atoms with Gasteiger partial charge in [-0.3, -0.25) is 0 Å². The van der Waals surface area contributed by atoms with E-state index < -0.39 is 6.17 Å². The van der Waals surface area contributed by atoms with E-state index in [1.165, 1.54) is 0 Å². The molecule has 0 N–H and O–H groups in total. The number of hydrogen-bond acceptors (Lipinski definition) is 2. The Bertz CT molecular complexity index is 613. The van der Waals surface area contributed by atoms with Crippen molar-refractivity contribution in [1.82, 2.24) is 9.78 Å². The summed E-state index contributed by atoms with van der Waals surface area (Å²) in [4.78, 5) is 0. The molecular formula is C15H18ClFN2O. The van der Waals surface area contributed by atoms with E-state index in [1.54, 1.807) is 7.11 Å². The van der Waals surface area contributed by atoms with Gasteiger partial charge in [0, 0.05) is 11.6 Å². The molecule has 20 heavy (non-hydrogen) atoms. The van der Waals surface area contributed by atoms with Crippen molar-refractivity contribution < 1.29 is 9.13 Å². The molecule has 1 saturated carbocycles. The topological polar surface area (TPSA) is 27.1 Å². The number of rotatable bonds is 3. The quantitative estimate of drug-likeness (QED) is 0.847. The highest BCUT2D eigenvalue weighted by Gasteiger charge is 2.23. The predicted molar refractivity (Wildman–Crippen MR) is 78.1 cm³/mol. The smallest absolute Gasteiger partial charge is 0.219 e. The van der Waals surface area contributed by atoms with Gasteiger partial charge in [-0.2, -0.15) is 5.10 Å². The van der Waals surface area contributed by atoms with Gasteiger partial charge in [0.1, 0.15) is 6.17 Å². The Morgan fingerprint density at radius 2 is 2.30 bits per heavy atom. The highest BCUT2D eigenvalue weighted by atomic mass is 35.5. The van der Waals surface area contributed by atoms with Crippen LogP contribution in [0.25, 0.3) is 10.9 Å². The van der Waals surface area contributed by atoms with Gasteiger partial charge in [-0.1, -0.05) is 18.0 Å². The Morgan fingerprint density at radius 3 is 3.05 bits per heavy atom. The van der Waals surface area contributed by atoms with Gasteiger partial charge >= 0.3 is 0 Å². The molecule has 2 unspecified atom stereocenters. The molecule has 108 valence electrons. The maximum Gasteiger partial charge on any atom is 0.219 e. The van der Waals surface area contributed by atoms with Crippen LogP contribution in [0.15, 0.2) is 18.2 Å². The van der Waals surface area contributed by atoms with Gasteiger partial charge < -0.3 is 4.74 Å². The van der Waals surface area contributed by atoms with E-state index in [-0.39, 0.29) is 0 Å². The largest absolute Gasteiger partial charge is 0.481 e. The van der Waals surface area contributed by atoms with Crippen LogP contribution in [0.1, 0.15) is 25.7 Å². The zero-order chi connectivity index (χ0) is 14.1. The first-order chi connectivity index (χ1) is 9.67. The standard InChI is InChI=1S/C15H18ClFN2O/c1-20-15-13-6-5-11(16)8-14(13)18-19(15)9-10-3-2-4-12(17)7-10/h5-6,8,10,12H,2-4,7,9H2,1H3. The summed E-state index contributed by atoms with van der Waals surface area (Å²) >= 11 is 5.99. The lowest BCUT2D eigenvalue weighted by molar-refractivity contribution is 0.178. The van der Waals surface area contributed by atoms with Gasteiger partial charge in [0.25, 0.3) is 0 Å². The monoisotopic (exact) mass is 296 g/mol. The molecule has 3 rings (SSSR count). The average molecular weight is 297 g/mol. The first-order valence-electron chi connectivity index (χ1n) is 7.01. The molecule has 3 nitrogen and oxygen atoms in total. The normalized spacial score (nSPS) is 23.1. The number of nitrogens with zero attached hydrogens (tertiary/aromatic N) is 2. The molecule has 0 radical (unpaired) electrons. The third-order valence-electron chi connectivity index (χ3n) is 4.00. The van der Waals surface area contributed by atoms with Crippen molar-refractivity contribution in [3.8, 4) is 5.88 Å². The molecule has 0 bridgehead atoms. The van der Waals surface area contributed by atoms with Gasteiger partial charge in [0.2, 0.25) is 5.88 Å². The maximum absolute atomic E-state index is 13.5. The zero-order valence-corrected chi connectivity index (χ0v) is 12.2. The first kappa shape index (κ1) is 13.7. The Labute approximate surface area is 122 Å². The third-order valence-corrected chi connectivity index (χ3v) is 4.23. The summed E-state index contributed by atoms with van der Waals surface area (Å²) in [7, 11) is 1.64. The molecular weight excluding hydrogens is 279 g/mol. The van der Waals surface area contributed by atoms with Gasteiger partial charge in [0.15, 0.2) is 0 Å². The lowest BCUT2D eigenvalue weighted by Gasteiger charge is -2.24. The molecule has 5 heteroatoms. The second-order valence-corrected chi connectivity index (χ2v) is 5.92. The summed E-state index contributed by atoms with van der Waals surface area (Å²) in [6.07, 6.45) is 2.67. The van der Waals surface area contributed by atoms with Crippen LogP contribution in [0, 0.1) is 5.92 Å². The molecule has 1 aromatic heterocycles. The fourth-order valence-corrected chi connectivity index (χ4v) is 3.22. The number of ether oxygens (including phenoxy) is 1. The molecule has 1 aliphatic rings. The molecule has 2 aromatic rings. The molecule has 0 saturated heterocycles. The number of fused-ring (bicyclic) bond motifs is 1. The summed E-state index contributed by atoms with van der Waals surface area (Å²) < 4.78 is 20.8. The molecule has 1 aliphatic carbocycles. The summed E-state index contributed by atoms with van der Waals surface area (Å²) in [5.41, 5.74) is 0.821. The maximum atomic E-state index is 13.5. The van der Waals surface area contributed by atoms with Gasteiger partial charge in [-0.25, -0.2) is 9.07 Å². The molecule has 1 aromatic carbocycles. The van der Waals surface area contributed by atoms with Crippen LogP contribution in [0.3, 0.4) is 0 Å². The van der Waals surface area contributed by atoms with Crippen LogP contribution in [0.4, 0.5) is 4.39 Å². The Balaban J connectivity index is 1.90. The predicted octanol–water partition coefficient (Wildman–Crippen LogP) is 4.23. The lowest BCUT2D eigenvalue weighted by Crippen LogP contribution is -2.21. The Kier molecular flexibility index (Phi) is 3.83. The summed E-state index contributed by atoms with van der Waals surface area (Å²) in [5.74, 6) is 1.06. The molecule has 2 atom stereocenters. The lowest BCUT2D eigenvalue weighted by atomic mass is 9.88. The average Bonchev–Trinajstić information content (AvgIpc) is 2.74. The van der Waals surface area contributed by atoms with E-state index in [4.69, 9.17) is 16.3 Å². The zero-order valence-electron chi connectivity index (χ0n) is 11.5. The van der Waals surface area contributed by atoms with E-state index in [2.05, 4.69) is 5.10 Å². The molecule has 0 spiro atoms. The van der Waals surface area contributed by atoms with Gasteiger partial charge in [-0.15, -0.1) is 0 Å². The van der Waals surface area contributed by atoms with Crippen LogP contribution in [0.2, 0.25) is 5.02 Å². The van der Waals surface area contributed by atoms with Crippen LogP contribution < -0.4 is 4.74 Å². The Hall–Kier alpha value is -1.29. The van der Waals surface area contributed by atoms with Crippen LogP contribution >= 0.6 is 11.6 Å². The Morgan fingerprint density at radius 1 is 1.45 bits per heavy atom. The van der Waals surface area contributed by atoms with Crippen LogP contribution in [-0.4, -0.2) is 23.1 Å². The summed E-state index contributed by atoms with van der Waals surface area (Å²) in [6, 6.07) is 5.57. The molecule has 0 amide bonds. The van der Waals surface area contributed by atoms with E-state index in [9.17, 15) is 4.39 Å². The summed E-state index contributed by atoms with van der Waals surface area (Å²) in [5, 5.41) is 6.16. The van der Waals surface area contributed by atoms with Crippen molar-refractivity contribution in [3.05, 3.63) is 23.2 Å². The fraction of sp³-hybridized carbons (Fsp3) is 0.533. The van der Waals surface area contributed by atoms with Crippen molar-refractivity contribution in [3.63, 3.8) is 0 Å². The number of aromatic nitrogens is 2. The van der Waals surface area contributed by atoms with E-state index in [0.29, 0.717) is 30.3 Å². The minimum Gasteiger partial charge on any atom is -0.481 e. The molecule has 1 heterocycles. The van der Waals surface area contributed by atoms with E-state index >= 15 is 0 Å². The van der Waals surface area contributed by atoms with E-state index in [0.717, 1.165) is 29.6 Å². The highest BCUT2D eigenvalue weighted by Crippen LogP contribution is 2.32. The number of methoxy groups -OCH3 is 1. The van der Waals surface area contributed by atoms with Crippen molar-refractivity contribution in [2.24, 2.45) is 5.92 Å². The number of benzene rings is 1. The second-order valence-electron chi connectivity index (χ2n) is 5.48. The van der Waals surface area contributed by atoms with Crippen molar-refractivity contribution in [2.45, 2.75) is 38.4 Å². The minimum absolute atomic E-state index is 0.331. The molecule has 1 fully saturated rings.